The van der Waals surface area contributed by atoms with Crippen LogP contribution in [0.3, 0.4) is 0 Å². The van der Waals surface area contributed by atoms with Gasteiger partial charge in [-0.3, -0.25) is 4.79 Å². The minimum absolute atomic E-state index is 0.0902. The number of carbonyl (C=O) groups is 1. The lowest BCUT2D eigenvalue weighted by Crippen LogP contribution is -2.26. The highest BCUT2D eigenvalue weighted by Crippen LogP contribution is 2.44. The molecule has 4 rings (SSSR count). The lowest BCUT2D eigenvalue weighted by molar-refractivity contribution is -0.113. The topological polar surface area (TPSA) is 83.6 Å². The zero-order valence-electron chi connectivity index (χ0n) is 22.9. The molecule has 0 fully saturated rings. The molecule has 1 atom stereocenters. The SMILES string of the molecule is CCn1c(SCC(=O)Nc2sc3c(c2C#N)CCC(C(C)(C)C)C3)nnc1-c1ccc(C(C)(C)C)cc1. The summed E-state index contributed by atoms with van der Waals surface area (Å²) in [6.45, 7) is 16.2. The Labute approximate surface area is 228 Å². The van der Waals surface area contributed by atoms with Crippen molar-refractivity contribution in [2.75, 3.05) is 11.1 Å². The van der Waals surface area contributed by atoms with Crippen LogP contribution in [0.5, 0.6) is 0 Å². The van der Waals surface area contributed by atoms with E-state index in [1.807, 2.05) is 4.57 Å². The Morgan fingerprint density at radius 3 is 2.49 bits per heavy atom. The van der Waals surface area contributed by atoms with Gasteiger partial charge in [0.05, 0.1) is 11.3 Å². The zero-order chi connectivity index (χ0) is 27.0. The predicted molar refractivity (Wildman–Crippen MR) is 153 cm³/mol. The molecule has 1 amide bonds. The van der Waals surface area contributed by atoms with E-state index in [9.17, 15) is 10.1 Å². The van der Waals surface area contributed by atoms with E-state index < -0.39 is 0 Å². The summed E-state index contributed by atoms with van der Waals surface area (Å²) in [7, 11) is 0. The van der Waals surface area contributed by atoms with Crippen molar-refractivity contribution >= 4 is 34.0 Å². The highest BCUT2D eigenvalue weighted by molar-refractivity contribution is 7.99. The number of thiophene rings is 1. The second-order valence-corrected chi connectivity index (χ2v) is 13.9. The average Bonchev–Trinajstić information content (AvgIpc) is 3.41. The van der Waals surface area contributed by atoms with E-state index in [2.05, 4.69) is 94.3 Å². The van der Waals surface area contributed by atoms with E-state index in [4.69, 9.17) is 0 Å². The first kappa shape index (κ1) is 27.4. The fourth-order valence-corrected chi connectivity index (χ4v) is 6.93. The second-order valence-electron chi connectivity index (χ2n) is 11.8. The maximum Gasteiger partial charge on any atom is 0.235 e. The monoisotopic (exact) mass is 535 g/mol. The number of rotatable bonds is 6. The van der Waals surface area contributed by atoms with Crippen LogP contribution in [0.4, 0.5) is 5.00 Å². The molecule has 6 nitrogen and oxygen atoms in total. The third kappa shape index (κ3) is 5.94. The average molecular weight is 536 g/mol. The van der Waals surface area contributed by atoms with Gasteiger partial charge in [-0.15, -0.1) is 21.5 Å². The van der Waals surface area contributed by atoms with Crippen molar-refractivity contribution < 1.29 is 4.79 Å². The van der Waals surface area contributed by atoms with Crippen molar-refractivity contribution in [3.63, 3.8) is 0 Å². The summed E-state index contributed by atoms with van der Waals surface area (Å²) in [5, 5.41) is 23.1. The molecular weight excluding hydrogens is 498 g/mol. The van der Waals surface area contributed by atoms with Crippen LogP contribution in [0.25, 0.3) is 11.4 Å². The maximum atomic E-state index is 12.9. The Kier molecular flexibility index (Phi) is 7.87. The number of anilines is 1. The molecule has 3 aromatic rings. The van der Waals surface area contributed by atoms with Crippen LogP contribution in [-0.4, -0.2) is 26.4 Å². The van der Waals surface area contributed by atoms with Gasteiger partial charge in [0.15, 0.2) is 11.0 Å². The Hall–Kier alpha value is -2.63. The lowest BCUT2D eigenvalue weighted by atomic mass is 9.72. The summed E-state index contributed by atoms with van der Waals surface area (Å²) in [5.74, 6) is 1.47. The zero-order valence-corrected chi connectivity index (χ0v) is 24.6. The number of nitrogens with zero attached hydrogens (tertiary/aromatic N) is 4. The van der Waals surface area contributed by atoms with Crippen LogP contribution in [0.1, 0.15) is 76.5 Å². The molecule has 2 aromatic heterocycles. The molecule has 1 aliphatic carbocycles. The first-order valence-corrected chi connectivity index (χ1v) is 14.7. The molecular formula is C29H37N5OS2. The molecule has 0 spiro atoms. The third-order valence-electron chi connectivity index (χ3n) is 7.23. The lowest BCUT2D eigenvalue weighted by Gasteiger charge is -2.33. The van der Waals surface area contributed by atoms with Crippen LogP contribution >= 0.6 is 23.1 Å². The van der Waals surface area contributed by atoms with E-state index in [1.54, 1.807) is 11.3 Å². The van der Waals surface area contributed by atoms with Gasteiger partial charge in [0.25, 0.3) is 0 Å². The van der Waals surface area contributed by atoms with E-state index in [0.717, 1.165) is 36.2 Å². The Balaban J connectivity index is 1.45. The number of thioether (sulfide) groups is 1. The summed E-state index contributed by atoms with van der Waals surface area (Å²) in [6.07, 6.45) is 2.96. The minimum atomic E-state index is -0.130. The van der Waals surface area contributed by atoms with Gasteiger partial charge in [-0.05, 0) is 54.1 Å². The Morgan fingerprint density at radius 1 is 1.19 bits per heavy atom. The van der Waals surface area contributed by atoms with Crippen molar-refractivity contribution in [1.29, 1.82) is 5.26 Å². The number of nitriles is 1. The van der Waals surface area contributed by atoms with Crippen LogP contribution < -0.4 is 5.32 Å². The number of hydrogen-bond donors (Lipinski definition) is 1. The van der Waals surface area contributed by atoms with Crippen LogP contribution in [0, 0.1) is 22.7 Å². The van der Waals surface area contributed by atoms with Gasteiger partial charge in [0, 0.05) is 17.0 Å². The molecule has 0 aliphatic heterocycles. The van der Waals surface area contributed by atoms with Gasteiger partial charge in [0.1, 0.15) is 11.1 Å². The number of carbonyl (C=O) groups excluding carboxylic acids is 1. The first-order chi connectivity index (χ1) is 17.4. The second kappa shape index (κ2) is 10.6. The summed E-state index contributed by atoms with van der Waals surface area (Å²) in [6, 6.07) is 10.8. The first-order valence-electron chi connectivity index (χ1n) is 12.9. The molecule has 8 heteroatoms. The molecule has 1 aromatic carbocycles. The van der Waals surface area contributed by atoms with Gasteiger partial charge in [-0.2, -0.15) is 5.26 Å². The summed E-state index contributed by atoms with van der Waals surface area (Å²) < 4.78 is 2.04. The number of benzene rings is 1. The van der Waals surface area contributed by atoms with Crippen molar-refractivity contribution in [2.24, 2.45) is 11.3 Å². The molecule has 0 radical (unpaired) electrons. The number of amides is 1. The molecule has 37 heavy (non-hydrogen) atoms. The summed E-state index contributed by atoms with van der Waals surface area (Å²) >= 11 is 2.94. The van der Waals surface area contributed by atoms with Gasteiger partial charge < -0.3 is 9.88 Å². The number of fused-ring (bicyclic) bond motifs is 1. The van der Waals surface area contributed by atoms with Gasteiger partial charge in [-0.25, -0.2) is 0 Å². The maximum absolute atomic E-state index is 12.9. The van der Waals surface area contributed by atoms with Gasteiger partial charge >= 0.3 is 0 Å². The van der Waals surface area contributed by atoms with Crippen LogP contribution in [0.2, 0.25) is 0 Å². The summed E-state index contributed by atoms with van der Waals surface area (Å²) in [5.41, 5.74) is 4.37. The van der Waals surface area contributed by atoms with Crippen LogP contribution in [0.15, 0.2) is 29.4 Å². The van der Waals surface area contributed by atoms with E-state index in [-0.39, 0.29) is 22.5 Å². The molecule has 0 saturated carbocycles. The standard InChI is InChI=1S/C29H37N5OS2/c1-8-34-25(18-9-11-19(12-10-18)28(2,3)4)32-33-27(34)36-17-24(35)31-26-22(16-30)21-14-13-20(29(5,6)7)15-23(21)37-26/h9-12,20H,8,13-15,17H2,1-7H3,(H,31,35). The van der Waals surface area contributed by atoms with Crippen molar-refractivity contribution in [3.05, 3.63) is 45.8 Å². The predicted octanol–water partition coefficient (Wildman–Crippen LogP) is 7.08. The molecule has 1 N–H and O–H groups in total. The smallest absolute Gasteiger partial charge is 0.235 e. The number of hydrogen-bond acceptors (Lipinski definition) is 6. The van der Waals surface area contributed by atoms with Gasteiger partial charge in [-0.1, -0.05) is 77.6 Å². The van der Waals surface area contributed by atoms with Crippen LogP contribution in [-0.2, 0) is 29.6 Å². The van der Waals surface area contributed by atoms with E-state index in [1.165, 1.54) is 22.2 Å². The third-order valence-corrected chi connectivity index (χ3v) is 9.37. The Bertz CT molecular complexity index is 1320. The minimum Gasteiger partial charge on any atom is -0.316 e. The van der Waals surface area contributed by atoms with Gasteiger partial charge in [0.2, 0.25) is 5.91 Å². The van der Waals surface area contributed by atoms with Crippen molar-refractivity contribution in [1.82, 2.24) is 14.8 Å². The van der Waals surface area contributed by atoms with Crippen molar-refractivity contribution in [3.8, 4) is 17.5 Å². The highest BCUT2D eigenvalue weighted by atomic mass is 32.2. The highest BCUT2D eigenvalue weighted by Gasteiger charge is 2.32. The number of aromatic nitrogens is 3. The Morgan fingerprint density at radius 2 is 1.89 bits per heavy atom. The molecule has 2 heterocycles. The largest absolute Gasteiger partial charge is 0.316 e. The summed E-state index contributed by atoms with van der Waals surface area (Å²) in [4.78, 5) is 14.2. The quantitative estimate of drug-likeness (QED) is 0.341. The van der Waals surface area contributed by atoms with E-state index >= 15 is 0 Å². The van der Waals surface area contributed by atoms with Crippen molar-refractivity contribution in [2.45, 2.75) is 84.8 Å². The normalized spacial score (nSPS) is 15.8. The molecule has 196 valence electrons. The number of nitrogens with one attached hydrogen (secondary N) is 1. The molecule has 0 saturated heterocycles. The molecule has 1 unspecified atom stereocenters. The fraction of sp³-hybridized carbons (Fsp3) is 0.517. The fourth-order valence-electron chi connectivity index (χ4n) is 4.84. The van der Waals surface area contributed by atoms with E-state index in [0.29, 0.717) is 28.2 Å². The molecule has 1 aliphatic rings. The molecule has 0 bridgehead atoms.